The van der Waals surface area contributed by atoms with E-state index in [1.54, 1.807) is 18.2 Å². The summed E-state index contributed by atoms with van der Waals surface area (Å²) in [6.45, 7) is 2.09. The quantitative estimate of drug-likeness (QED) is 0.895. The molecular weight excluding hydrogens is 268 g/mol. The third kappa shape index (κ3) is 4.48. The minimum Gasteiger partial charge on any atom is -0.478 e. The van der Waals surface area contributed by atoms with Gasteiger partial charge in [-0.05, 0) is 30.9 Å². The average molecular weight is 290 g/mol. The standard InChI is InChI=1S/C16H22N2O3/c19-15(20)14-8-4-3-7-13(14)9-10-17-16(21)18-11-5-1-2-6-12-18/h3-4,7-8H,1-2,5-6,9-12H2,(H,17,21)(H,19,20). The zero-order valence-electron chi connectivity index (χ0n) is 12.2. The van der Waals surface area contributed by atoms with E-state index >= 15 is 0 Å². The number of rotatable bonds is 4. The lowest BCUT2D eigenvalue weighted by Crippen LogP contribution is -2.41. The Kier molecular flexibility index (Phi) is 5.60. The minimum atomic E-state index is -0.926. The zero-order valence-corrected chi connectivity index (χ0v) is 12.2. The highest BCUT2D eigenvalue weighted by Crippen LogP contribution is 2.11. The van der Waals surface area contributed by atoms with E-state index in [1.807, 2.05) is 11.0 Å². The maximum absolute atomic E-state index is 12.1. The van der Waals surface area contributed by atoms with Gasteiger partial charge < -0.3 is 15.3 Å². The minimum absolute atomic E-state index is 0.0373. The summed E-state index contributed by atoms with van der Waals surface area (Å²) < 4.78 is 0. The van der Waals surface area contributed by atoms with Crippen LogP contribution < -0.4 is 5.32 Å². The second-order valence-electron chi connectivity index (χ2n) is 5.35. The molecule has 1 aromatic carbocycles. The summed E-state index contributed by atoms with van der Waals surface area (Å²) in [7, 11) is 0. The fourth-order valence-electron chi connectivity index (χ4n) is 2.64. The van der Waals surface area contributed by atoms with Crippen LogP contribution >= 0.6 is 0 Å². The van der Waals surface area contributed by atoms with Gasteiger partial charge in [0, 0.05) is 19.6 Å². The SMILES string of the molecule is O=C(O)c1ccccc1CCNC(=O)N1CCCCCC1. The van der Waals surface area contributed by atoms with E-state index in [-0.39, 0.29) is 6.03 Å². The Morgan fingerprint density at radius 1 is 1.10 bits per heavy atom. The number of benzene rings is 1. The van der Waals surface area contributed by atoms with Gasteiger partial charge in [0.15, 0.2) is 0 Å². The van der Waals surface area contributed by atoms with Crippen molar-refractivity contribution in [3.63, 3.8) is 0 Å². The molecule has 0 bridgehead atoms. The van der Waals surface area contributed by atoms with Gasteiger partial charge in [-0.25, -0.2) is 9.59 Å². The number of hydrogen-bond acceptors (Lipinski definition) is 2. The van der Waals surface area contributed by atoms with Crippen molar-refractivity contribution in [1.29, 1.82) is 0 Å². The molecule has 0 aromatic heterocycles. The number of carbonyl (C=O) groups excluding carboxylic acids is 1. The Morgan fingerprint density at radius 3 is 2.43 bits per heavy atom. The maximum Gasteiger partial charge on any atom is 0.335 e. The molecule has 21 heavy (non-hydrogen) atoms. The van der Waals surface area contributed by atoms with Crippen LogP contribution in [0.2, 0.25) is 0 Å². The van der Waals surface area contributed by atoms with Gasteiger partial charge >= 0.3 is 12.0 Å². The van der Waals surface area contributed by atoms with Crippen molar-refractivity contribution in [2.24, 2.45) is 0 Å². The van der Waals surface area contributed by atoms with Gasteiger partial charge in [0.2, 0.25) is 0 Å². The molecule has 0 saturated carbocycles. The molecule has 1 aliphatic rings. The monoisotopic (exact) mass is 290 g/mol. The molecule has 0 spiro atoms. The van der Waals surface area contributed by atoms with Crippen LogP contribution in [-0.2, 0) is 6.42 Å². The van der Waals surface area contributed by atoms with Gasteiger partial charge in [0.1, 0.15) is 0 Å². The molecule has 0 unspecified atom stereocenters. The van der Waals surface area contributed by atoms with Gasteiger partial charge in [0.25, 0.3) is 0 Å². The van der Waals surface area contributed by atoms with Crippen LogP contribution in [0.5, 0.6) is 0 Å². The van der Waals surface area contributed by atoms with E-state index in [2.05, 4.69) is 5.32 Å². The zero-order chi connectivity index (χ0) is 15.1. The van der Waals surface area contributed by atoms with Crippen LogP contribution in [0.4, 0.5) is 4.79 Å². The number of aromatic carboxylic acids is 1. The van der Waals surface area contributed by atoms with Crippen LogP contribution in [-0.4, -0.2) is 41.6 Å². The smallest absolute Gasteiger partial charge is 0.335 e. The summed E-state index contributed by atoms with van der Waals surface area (Å²) in [5, 5.41) is 12.0. The van der Waals surface area contributed by atoms with Crippen molar-refractivity contribution in [2.45, 2.75) is 32.1 Å². The number of amides is 2. The molecule has 0 aliphatic carbocycles. The Hall–Kier alpha value is -2.04. The molecular formula is C16H22N2O3. The van der Waals surface area contributed by atoms with Gasteiger partial charge in [-0.1, -0.05) is 31.0 Å². The van der Waals surface area contributed by atoms with Crippen molar-refractivity contribution >= 4 is 12.0 Å². The lowest BCUT2D eigenvalue weighted by Gasteiger charge is -2.20. The van der Waals surface area contributed by atoms with Crippen molar-refractivity contribution in [3.8, 4) is 0 Å². The number of carbonyl (C=O) groups is 2. The van der Waals surface area contributed by atoms with Gasteiger partial charge in [-0.15, -0.1) is 0 Å². The molecule has 5 nitrogen and oxygen atoms in total. The van der Waals surface area contributed by atoms with Crippen LogP contribution in [0.15, 0.2) is 24.3 Å². The van der Waals surface area contributed by atoms with Crippen LogP contribution in [0, 0.1) is 0 Å². The van der Waals surface area contributed by atoms with E-state index in [9.17, 15) is 9.59 Å². The largest absolute Gasteiger partial charge is 0.478 e. The number of carboxylic acid groups (broad SMARTS) is 1. The first kappa shape index (κ1) is 15.4. The van der Waals surface area contributed by atoms with E-state index < -0.39 is 5.97 Å². The number of nitrogens with one attached hydrogen (secondary N) is 1. The van der Waals surface area contributed by atoms with E-state index in [1.165, 1.54) is 12.8 Å². The lowest BCUT2D eigenvalue weighted by atomic mass is 10.0. The van der Waals surface area contributed by atoms with E-state index in [0.717, 1.165) is 31.5 Å². The molecule has 1 saturated heterocycles. The van der Waals surface area contributed by atoms with Crippen molar-refractivity contribution in [1.82, 2.24) is 10.2 Å². The first-order valence-electron chi connectivity index (χ1n) is 7.52. The van der Waals surface area contributed by atoms with Crippen LogP contribution in [0.1, 0.15) is 41.6 Å². The summed E-state index contributed by atoms with van der Waals surface area (Å²) in [5.41, 5.74) is 1.06. The second-order valence-corrected chi connectivity index (χ2v) is 5.35. The molecule has 2 N–H and O–H groups in total. The fourth-order valence-corrected chi connectivity index (χ4v) is 2.64. The third-order valence-corrected chi connectivity index (χ3v) is 3.81. The van der Waals surface area contributed by atoms with E-state index in [0.29, 0.717) is 18.5 Å². The van der Waals surface area contributed by atoms with Gasteiger partial charge in [-0.3, -0.25) is 0 Å². The number of hydrogen-bond donors (Lipinski definition) is 2. The highest BCUT2D eigenvalue weighted by atomic mass is 16.4. The summed E-state index contributed by atoms with van der Waals surface area (Å²) in [4.78, 5) is 25.0. The first-order valence-corrected chi connectivity index (χ1v) is 7.52. The van der Waals surface area contributed by atoms with Crippen LogP contribution in [0.25, 0.3) is 0 Å². The summed E-state index contributed by atoms with van der Waals surface area (Å²) >= 11 is 0. The van der Waals surface area contributed by atoms with Gasteiger partial charge in [0.05, 0.1) is 5.56 Å². The normalized spacial score (nSPS) is 15.3. The summed E-state index contributed by atoms with van der Waals surface area (Å²) in [6, 6.07) is 6.88. The molecule has 1 fully saturated rings. The second kappa shape index (κ2) is 7.67. The molecule has 1 aliphatic heterocycles. The van der Waals surface area contributed by atoms with Crippen molar-refractivity contribution < 1.29 is 14.7 Å². The molecule has 0 atom stereocenters. The van der Waals surface area contributed by atoms with Crippen molar-refractivity contribution in [3.05, 3.63) is 35.4 Å². The van der Waals surface area contributed by atoms with E-state index in [4.69, 9.17) is 5.11 Å². The number of urea groups is 1. The highest BCUT2D eigenvalue weighted by molar-refractivity contribution is 5.89. The lowest BCUT2D eigenvalue weighted by molar-refractivity contribution is 0.0695. The Balaban J connectivity index is 1.83. The highest BCUT2D eigenvalue weighted by Gasteiger charge is 2.15. The molecule has 5 heteroatoms. The molecule has 1 heterocycles. The summed E-state index contributed by atoms with van der Waals surface area (Å²) in [6.07, 6.45) is 5.04. The Bertz CT molecular complexity index is 494. The average Bonchev–Trinajstić information content (AvgIpc) is 2.76. The predicted octanol–water partition coefficient (Wildman–Crippen LogP) is 2.51. The Labute approximate surface area is 125 Å². The van der Waals surface area contributed by atoms with Crippen LogP contribution in [0.3, 0.4) is 0 Å². The number of nitrogens with zero attached hydrogens (tertiary/aromatic N) is 1. The first-order chi connectivity index (χ1) is 10.2. The Morgan fingerprint density at radius 2 is 1.76 bits per heavy atom. The predicted molar refractivity (Wildman–Crippen MR) is 80.5 cm³/mol. The van der Waals surface area contributed by atoms with Crippen molar-refractivity contribution in [2.75, 3.05) is 19.6 Å². The third-order valence-electron chi connectivity index (χ3n) is 3.81. The molecule has 1 aromatic rings. The molecule has 114 valence electrons. The van der Waals surface area contributed by atoms with Gasteiger partial charge in [-0.2, -0.15) is 0 Å². The number of carboxylic acids is 1. The molecule has 2 rings (SSSR count). The number of likely N-dealkylation sites (tertiary alicyclic amines) is 1. The topological polar surface area (TPSA) is 69.6 Å². The molecule has 0 radical (unpaired) electrons. The molecule has 2 amide bonds. The maximum atomic E-state index is 12.1. The fraction of sp³-hybridized carbons (Fsp3) is 0.500. The summed E-state index contributed by atoms with van der Waals surface area (Å²) in [5.74, 6) is -0.926.